The molecule has 1 heterocycles. The lowest BCUT2D eigenvalue weighted by atomic mass is 10.0. The number of nitrogens with zero attached hydrogens (tertiary/aromatic N) is 1. The third-order valence-electron chi connectivity index (χ3n) is 4.06. The van der Waals surface area contributed by atoms with Crippen LogP contribution in [0.1, 0.15) is 31.2 Å². The van der Waals surface area contributed by atoms with Gasteiger partial charge in [-0.2, -0.15) is 0 Å². The molecule has 136 valence electrons. The molecule has 1 amide bonds. The number of benzene rings is 1. The number of hydrogen-bond acceptors (Lipinski definition) is 6. The molecule has 0 spiro atoms. The fourth-order valence-electron chi connectivity index (χ4n) is 2.72. The van der Waals surface area contributed by atoms with E-state index in [0.29, 0.717) is 19.4 Å². The van der Waals surface area contributed by atoms with Crippen molar-refractivity contribution < 1.29 is 23.9 Å². The molecule has 2 rings (SSSR count). The molecule has 0 bridgehead atoms. The fraction of sp³-hybridized carbons (Fsp3) is 0.500. The molecule has 1 saturated heterocycles. The van der Waals surface area contributed by atoms with Crippen molar-refractivity contribution in [2.75, 3.05) is 20.3 Å². The van der Waals surface area contributed by atoms with Gasteiger partial charge in [0.1, 0.15) is 6.04 Å². The Kier molecular flexibility index (Phi) is 7.40. The number of hydrazine groups is 1. The number of methoxy groups -OCH3 is 1. The third-order valence-corrected chi connectivity index (χ3v) is 4.06. The van der Waals surface area contributed by atoms with Gasteiger partial charge in [-0.25, -0.2) is 20.0 Å². The molecule has 1 fully saturated rings. The molecule has 1 atom stereocenters. The monoisotopic (exact) mass is 348 g/mol. The van der Waals surface area contributed by atoms with Gasteiger partial charge in [-0.15, -0.1) is 0 Å². The topological polar surface area (TPSA) is 84.9 Å². The van der Waals surface area contributed by atoms with Gasteiger partial charge in [-0.05, 0) is 37.7 Å². The molecular formula is C18H24N2O5. The van der Waals surface area contributed by atoms with Crippen LogP contribution in [0.4, 0.5) is 4.79 Å². The quantitative estimate of drug-likeness (QED) is 0.460. The average molecular weight is 348 g/mol. The highest BCUT2D eigenvalue weighted by molar-refractivity contribution is 6.35. The Morgan fingerprint density at radius 2 is 1.96 bits per heavy atom. The summed E-state index contributed by atoms with van der Waals surface area (Å²) in [5, 5.41) is 1.11. The molecule has 0 saturated carbocycles. The first-order valence-electron chi connectivity index (χ1n) is 8.49. The van der Waals surface area contributed by atoms with Crippen LogP contribution in [0.25, 0.3) is 0 Å². The lowest BCUT2D eigenvalue weighted by Gasteiger charge is -2.33. The molecule has 7 nitrogen and oxygen atoms in total. The average Bonchev–Trinajstić information content (AvgIpc) is 2.67. The van der Waals surface area contributed by atoms with Crippen molar-refractivity contribution in [3.8, 4) is 0 Å². The molecule has 1 aromatic carbocycles. The van der Waals surface area contributed by atoms with Crippen molar-refractivity contribution in [3.63, 3.8) is 0 Å². The second-order valence-electron chi connectivity index (χ2n) is 5.85. The minimum absolute atomic E-state index is 0.267. The summed E-state index contributed by atoms with van der Waals surface area (Å²) in [6, 6.07) is 9.21. The van der Waals surface area contributed by atoms with E-state index >= 15 is 0 Å². The van der Waals surface area contributed by atoms with Crippen LogP contribution in [-0.2, 0) is 25.5 Å². The predicted octanol–water partition coefficient (Wildman–Crippen LogP) is 1.86. The molecule has 1 aliphatic rings. The summed E-state index contributed by atoms with van der Waals surface area (Å²) in [6.07, 6.45) is 3.00. The molecule has 1 unspecified atom stereocenters. The first-order chi connectivity index (χ1) is 12.1. The number of rotatable bonds is 7. The van der Waals surface area contributed by atoms with Gasteiger partial charge in [0.2, 0.25) is 0 Å². The van der Waals surface area contributed by atoms with Gasteiger partial charge in [0.15, 0.2) is 0 Å². The van der Waals surface area contributed by atoms with Crippen molar-refractivity contribution in [2.45, 2.75) is 38.1 Å². The summed E-state index contributed by atoms with van der Waals surface area (Å²) in [7, 11) is 1.14. The molecule has 0 radical (unpaired) electrons. The maximum absolute atomic E-state index is 12.2. The van der Waals surface area contributed by atoms with Crippen molar-refractivity contribution in [2.24, 2.45) is 0 Å². The first-order valence-corrected chi connectivity index (χ1v) is 8.49. The van der Waals surface area contributed by atoms with Crippen LogP contribution in [0.3, 0.4) is 0 Å². The number of unbranched alkanes of at least 4 members (excludes halogenated alkanes) is 1. The number of ketones is 1. The first kappa shape index (κ1) is 18.9. The number of esters is 1. The van der Waals surface area contributed by atoms with Crippen molar-refractivity contribution >= 4 is 17.8 Å². The van der Waals surface area contributed by atoms with E-state index in [1.807, 2.05) is 18.2 Å². The number of aryl methyl sites for hydroxylation is 1. The van der Waals surface area contributed by atoms with Gasteiger partial charge in [0, 0.05) is 6.54 Å². The molecule has 7 heteroatoms. The van der Waals surface area contributed by atoms with E-state index in [9.17, 15) is 14.4 Å². The molecule has 1 aliphatic heterocycles. The van der Waals surface area contributed by atoms with Gasteiger partial charge in [0.25, 0.3) is 5.78 Å². The number of ether oxygens (including phenoxy) is 2. The zero-order valence-electron chi connectivity index (χ0n) is 14.4. The highest BCUT2D eigenvalue weighted by Crippen LogP contribution is 2.14. The Labute approximate surface area is 147 Å². The van der Waals surface area contributed by atoms with Crippen LogP contribution in [0.15, 0.2) is 30.3 Å². The Bertz CT molecular complexity index is 590. The maximum atomic E-state index is 12.2. The van der Waals surface area contributed by atoms with Crippen LogP contribution >= 0.6 is 0 Å². The minimum Gasteiger partial charge on any atom is -0.463 e. The second kappa shape index (κ2) is 9.78. The zero-order chi connectivity index (χ0) is 18.1. The summed E-state index contributed by atoms with van der Waals surface area (Å²) < 4.78 is 9.69. The molecule has 0 aromatic heterocycles. The molecular weight excluding hydrogens is 324 g/mol. The SMILES string of the molecule is COC(=O)C(=O)C1CCCNN1C(=O)OCCCCc1ccccc1. The largest absolute Gasteiger partial charge is 0.463 e. The second-order valence-corrected chi connectivity index (χ2v) is 5.85. The summed E-state index contributed by atoms with van der Waals surface area (Å²) in [6.45, 7) is 0.817. The normalized spacial score (nSPS) is 17.0. The van der Waals surface area contributed by atoms with Gasteiger partial charge in [-0.3, -0.25) is 4.79 Å². The lowest BCUT2D eigenvalue weighted by molar-refractivity contribution is -0.155. The number of carbonyl (C=O) groups is 3. The zero-order valence-corrected chi connectivity index (χ0v) is 14.4. The van der Waals surface area contributed by atoms with Gasteiger partial charge >= 0.3 is 12.1 Å². The molecule has 1 N–H and O–H groups in total. The van der Waals surface area contributed by atoms with Crippen LogP contribution in [0.2, 0.25) is 0 Å². The Balaban J connectivity index is 1.76. The van der Waals surface area contributed by atoms with Crippen LogP contribution in [-0.4, -0.2) is 49.2 Å². The highest BCUT2D eigenvalue weighted by atomic mass is 16.6. The van der Waals surface area contributed by atoms with Gasteiger partial charge < -0.3 is 9.47 Å². The van der Waals surface area contributed by atoms with E-state index < -0.39 is 23.9 Å². The van der Waals surface area contributed by atoms with E-state index in [-0.39, 0.29) is 6.61 Å². The number of Topliss-reactive ketones (excluding diaryl/α,β-unsaturated/α-hetero) is 1. The van der Waals surface area contributed by atoms with Gasteiger partial charge in [-0.1, -0.05) is 30.3 Å². The van der Waals surface area contributed by atoms with Gasteiger partial charge in [0.05, 0.1) is 13.7 Å². The summed E-state index contributed by atoms with van der Waals surface area (Å²) in [5.74, 6) is -1.69. The predicted molar refractivity (Wildman–Crippen MR) is 90.6 cm³/mol. The van der Waals surface area contributed by atoms with E-state index in [1.165, 1.54) is 5.56 Å². The van der Waals surface area contributed by atoms with Crippen LogP contribution in [0, 0.1) is 0 Å². The minimum atomic E-state index is -0.950. The number of carbonyl (C=O) groups excluding carboxylic acids is 3. The Morgan fingerprint density at radius 1 is 1.20 bits per heavy atom. The van der Waals surface area contributed by atoms with E-state index in [0.717, 1.165) is 31.4 Å². The number of amides is 1. The summed E-state index contributed by atoms with van der Waals surface area (Å²) in [5.41, 5.74) is 4.07. The van der Waals surface area contributed by atoms with Crippen molar-refractivity contribution in [1.29, 1.82) is 0 Å². The van der Waals surface area contributed by atoms with Crippen molar-refractivity contribution in [1.82, 2.24) is 10.4 Å². The third kappa shape index (κ3) is 5.56. The number of nitrogens with one attached hydrogen (secondary N) is 1. The number of hydrogen-bond donors (Lipinski definition) is 1. The molecule has 25 heavy (non-hydrogen) atoms. The van der Waals surface area contributed by atoms with E-state index in [2.05, 4.69) is 22.3 Å². The highest BCUT2D eigenvalue weighted by Gasteiger charge is 2.37. The van der Waals surface area contributed by atoms with Crippen LogP contribution < -0.4 is 5.43 Å². The Hall–Kier alpha value is -2.41. The maximum Gasteiger partial charge on any atom is 0.424 e. The molecule has 0 aliphatic carbocycles. The van der Waals surface area contributed by atoms with E-state index in [1.54, 1.807) is 0 Å². The van der Waals surface area contributed by atoms with Crippen molar-refractivity contribution in [3.05, 3.63) is 35.9 Å². The standard InChI is InChI=1S/C18H24N2O5/c1-24-17(22)16(21)15-11-7-12-19-20(15)18(23)25-13-6-5-10-14-8-3-2-4-9-14/h2-4,8-9,15,19H,5-7,10-13H2,1H3. The van der Waals surface area contributed by atoms with E-state index in [4.69, 9.17) is 4.74 Å². The molecule has 1 aromatic rings. The van der Waals surface area contributed by atoms with Crippen LogP contribution in [0.5, 0.6) is 0 Å². The summed E-state index contributed by atoms with van der Waals surface area (Å²) >= 11 is 0. The smallest absolute Gasteiger partial charge is 0.424 e. The summed E-state index contributed by atoms with van der Waals surface area (Å²) in [4.78, 5) is 35.6. The fourth-order valence-corrected chi connectivity index (χ4v) is 2.72. The lowest BCUT2D eigenvalue weighted by Crippen LogP contribution is -2.57. The Morgan fingerprint density at radius 3 is 2.68 bits per heavy atom.